The van der Waals surface area contributed by atoms with Gasteiger partial charge in [0.15, 0.2) is 16.9 Å². The maximum Gasteiger partial charge on any atom is 0.280 e. The number of ketones is 1. The number of aromatic amines is 1. The van der Waals surface area contributed by atoms with Crippen LogP contribution in [-0.4, -0.2) is 45.6 Å². The Morgan fingerprint density at radius 3 is 2.89 bits per heavy atom. The van der Waals surface area contributed by atoms with Gasteiger partial charge in [0.2, 0.25) is 5.95 Å². The number of methoxy groups -OCH3 is 1. The van der Waals surface area contributed by atoms with Crippen molar-refractivity contribution >= 4 is 22.9 Å². The van der Waals surface area contributed by atoms with E-state index in [1.54, 1.807) is 38.5 Å². The van der Waals surface area contributed by atoms with Gasteiger partial charge in [0, 0.05) is 25.9 Å². The molecule has 2 aromatic heterocycles. The SMILES string of the molecule is COC1C=CC=C(Cn2cnc3c(=O)[nH]c(N(C)/C=C(\C)C(C)=O)nc32)C=C1. The van der Waals surface area contributed by atoms with Crippen molar-refractivity contribution in [2.45, 2.75) is 26.5 Å². The van der Waals surface area contributed by atoms with Crippen molar-refractivity contribution in [3.8, 4) is 0 Å². The van der Waals surface area contributed by atoms with E-state index in [0.29, 0.717) is 23.7 Å². The Morgan fingerprint density at radius 1 is 1.39 bits per heavy atom. The molecular weight excluding hydrogens is 358 g/mol. The molecule has 2 aromatic rings. The number of aromatic nitrogens is 4. The van der Waals surface area contributed by atoms with Crippen LogP contribution in [0.1, 0.15) is 13.8 Å². The molecule has 3 rings (SSSR count). The summed E-state index contributed by atoms with van der Waals surface area (Å²) in [4.78, 5) is 37.0. The van der Waals surface area contributed by atoms with Crippen LogP contribution < -0.4 is 10.5 Å². The minimum atomic E-state index is -0.329. The molecule has 0 radical (unpaired) electrons. The van der Waals surface area contributed by atoms with E-state index >= 15 is 0 Å². The maximum atomic E-state index is 12.4. The Balaban J connectivity index is 1.95. The first-order valence-electron chi connectivity index (χ1n) is 8.84. The third-order valence-corrected chi connectivity index (χ3v) is 4.48. The third kappa shape index (κ3) is 4.17. The number of nitrogens with one attached hydrogen (secondary N) is 1. The van der Waals surface area contributed by atoms with Crippen molar-refractivity contribution in [2.24, 2.45) is 0 Å². The lowest BCUT2D eigenvalue weighted by Crippen LogP contribution is -2.20. The molecular formula is C20H23N5O3. The fourth-order valence-corrected chi connectivity index (χ4v) is 2.75. The number of ether oxygens (including phenoxy) is 1. The Labute approximate surface area is 162 Å². The van der Waals surface area contributed by atoms with Gasteiger partial charge in [0.05, 0.1) is 19.0 Å². The van der Waals surface area contributed by atoms with E-state index < -0.39 is 0 Å². The van der Waals surface area contributed by atoms with Gasteiger partial charge < -0.3 is 14.2 Å². The van der Waals surface area contributed by atoms with Gasteiger partial charge in [-0.05, 0) is 19.4 Å². The molecule has 0 amide bonds. The highest BCUT2D eigenvalue weighted by Gasteiger charge is 2.13. The molecule has 0 fully saturated rings. The van der Waals surface area contributed by atoms with Crippen LogP contribution in [0, 0.1) is 0 Å². The number of hydrogen-bond acceptors (Lipinski definition) is 6. The number of allylic oxidation sites excluding steroid dienone is 5. The molecule has 8 nitrogen and oxygen atoms in total. The lowest BCUT2D eigenvalue weighted by molar-refractivity contribution is -0.113. The molecule has 0 aromatic carbocycles. The number of nitrogens with zero attached hydrogens (tertiary/aromatic N) is 4. The quantitative estimate of drug-likeness (QED) is 0.771. The number of Topliss-reactive ketones (excluding diaryl/α,β-unsaturated/α-hetero) is 1. The number of anilines is 1. The van der Waals surface area contributed by atoms with E-state index in [-0.39, 0.29) is 23.0 Å². The van der Waals surface area contributed by atoms with Gasteiger partial charge in [-0.15, -0.1) is 0 Å². The van der Waals surface area contributed by atoms with Gasteiger partial charge in [-0.2, -0.15) is 4.98 Å². The summed E-state index contributed by atoms with van der Waals surface area (Å²) in [5.74, 6) is 0.291. The summed E-state index contributed by atoms with van der Waals surface area (Å²) in [7, 11) is 3.38. The van der Waals surface area contributed by atoms with Crippen LogP contribution >= 0.6 is 0 Å². The highest BCUT2D eigenvalue weighted by Crippen LogP contribution is 2.15. The van der Waals surface area contributed by atoms with Crippen LogP contribution in [0.4, 0.5) is 5.95 Å². The first kappa shape index (κ1) is 19.5. The van der Waals surface area contributed by atoms with Crippen molar-refractivity contribution in [2.75, 3.05) is 19.1 Å². The van der Waals surface area contributed by atoms with Crippen molar-refractivity contribution in [1.82, 2.24) is 19.5 Å². The molecule has 0 saturated heterocycles. The summed E-state index contributed by atoms with van der Waals surface area (Å²) in [5, 5.41) is 0. The first-order chi connectivity index (χ1) is 13.4. The average molecular weight is 381 g/mol. The van der Waals surface area contributed by atoms with Crippen molar-refractivity contribution in [3.05, 3.63) is 64.4 Å². The number of imidazole rings is 1. The predicted octanol–water partition coefficient (Wildman–Crippen LogP) is 2.12. The van der Waals surface area contributed by atoms with Crippen molar-refractivity contribution < 1.29 is 9.53 Å². The Kier molecular flexibility index (Phi) is 5.70. The molecule has 2 heterocycles. The summed E-state index contributed by atoms with van der Waals surface area (Å²) in [6, 6.07) is 0. The van der Waals surface area contributed by atoms with E-state index in [0.717, 1.165) is 5.57 Å². The lowest BCUT2D eigenvalue weighted by Gasteiger charge is -2.14. The molecule has 1 aliphatic rings. The average Bonchev–Trinajstić information content (AvgIpc) is 2.92. The summed E-state index contributed by atoms with van der Waals surface area (Å²) in [5.41, 5.74) is 2.01. The highest BCUT2D eigenvalue weighted by molar-refractivity contribution is 5.92. The standard InChI is InChI=1S/C20H23N5O3/c1-13(14(2)26)10-24(3)20-22-18-17(19(27)23-20)21-12-25(18)11-15-6-5-7-16(28-4)9-8-15/h5-10,12,16H,11H2,1-4H3,(H,22,23,27)/b13-10+. The molecule has 146 valence electrons. The number of hydrogen-bond donors (Lipinski definition) is 1. The van der Waals surface area contributed by atoms with Gasteiger partial charge in [-0.3, -0.25) is 14.6 Å². The number of fused-ring (bicyclic) bond motifs is 1. The van der Waals surface area contributed by atoms with Gasteiger partial charge in [-0.25, -0.2) is 4.98 Å². The molecule has 28 heavy (non-hydrogen) atoms. The van der Waals surface area contributed by atoms with E-state index in [2.05, 4.69) is 15.0 Å². The molecule has 0 saturated carbocycles. The number of carbonyl (C=O) groups is 1. The first-order valence-corrected chi connectivity index (χ1v) is 8.84. The Bertz CT molecular complexity index is 1070. The molecule has 1 N–H and O–H groups in total. The normalized spacial score (nSPS) is 16.9. The third-order valence-electron chi connectivity index (χ3n) is 4.48. The number of H-pyrrole nitrogens is 1. The van der Waals surface area contributed by atoms with Crippen LogP contribution in [0.25, 0.3) is 11.2 Å². The zero-order valence-corrected chi connectivity index (χ0v) is 16.3. The van der Waals surface area contributed by atoms with Gasteiger partial charge in [-0.1, -0.05) is 30.4 Å². The molecule has 0 bridgehead atoms. The van der Waals surface area contributed by atoms with E-state index in [4.69, 9.17) is 4.74 Å². The predicted molar refractivity (Wildman–Crippen MR) is 108 cm³/mol. The molecule has 1 aliphatic carbocycles. The Hall–Kier alpha value is -3.26. The van der Waals surface area contributed by atoms with Crippen LogP contribution in [-0.2, 0) is 16.1 Å². The van der Waals surface area contributed by atoms with Crippen molar-refractivity contribution in [1.29, 1.82) is 0 Å². The Morgan fingerprint density at radius 2 is 2.18 bits per heavy atom. The van der Waals surface area contributed by atoms with E-state index in [1.165, 1.54) is 6.92 Å². The smallest absolute Gasteiger partial charge is 0.280 e. The van der Waals surface area contributed by atoms with Gasteiger partial charge in [0.25, 0.3) is 5.56 Å². The number of rotatable bonds is 6. The topological polar surface area (TPSA) is 93.1 Å². The monoisotopic (exact) mass is 381 g/mol. The molecule has 1 atom stereocenters. The zero-order chi connectivity index (χ0) is 20.3. The molecule has 0 spiro atoms. The summed E-state index contributed by atoms with van der Waals surface area (Å²) < 4.78 is 7.13. The molecule has 0 aliphatic heterocycles. The van der Waals surface area contributed by atoms with E-state index in [1.807, 2.05) is 34.9 Å². The summed E-state index contributed by atoms with van der Waals surface area (Å²) in [6.45, 7) is 3.71. The zero-order valence-electron chi connectivity index (χ0n) is 16.3. The largest absolute Gasteiger partial charge is 0.373 e. The van der Waals surface area contributed by atoms with Gasteiger partial charge >= 0.3 is 0 Å². The van der Waals surface area contributed by atoms with Crippen LogP contribution in [0.15, 0.2) is 58.8 Å². The second kappa shape index (κ2) is 8.18. The summed E-state index contributed by atoms with van der Waals surface area (Å²) >= 11 is 0. The maximum absolute atomic E-state index is 12.4. The van der Waals surface area contributed by atoms with Crippen LogP contribution in [0.3, 0.4) is 0 Å². The minimum Gasteiger partial charge on any atom is -0.373 e. The van der Waals surface area contributed by atoms with Crippen molar-refractivity contribution in [3.63, 3.8) is 0 Å². The lowest BCUT2D eigenvalue weighted by atomic mass is 10.2. The van der Waals surface area contributed by atoms with Crippen LogP contribution in [0.2, 0.25) is 0 Å². The second-order valence-electron chi connectivity index (χ2n) is 6.60. The molecule has 1 unspecified atom stereocenters. The van der Waals surface area contributed by atoms with E-state index in [9.17, 15) is 9.59 Å². The highest BCUT2D eigenvalue weighted by atomic mass is 16.5. The molecule has 8 heteroatoms. The minimum absolute atomic E-state index is 0.0465. The fraction of sp³-hybridized carbons (Fsp3) is 0.300. The van der Waals surface area contributed by atoms with Gasteiger partial charge in [0.1, 0.15) is 0 Å². The fourth-order valence-electron chi connectivity index (χ4n) is 2.75. The summed E-state index contributed by atoms with van der Waals surface area (Å²) in [6.07, 6.45) is 13.0. The number of carbonyl (C=O) groups excluding carboxylic acids is 1. The second-order valence-corrected chi connectivity index (χ2v) is 6.60. The van der Waals surface area contributed by atoms with Crippen LogP contribution in [0.5, 0.6) is 0 Å².